The van der Waals surface area contributed by atoms with Gasteiger partial charge in [-0.2, -0.15) is 13.2 Å². The van der Waals surface area contributed by atoms with Crippen molar-refractivity contribution in [2.75, 3.05) is 0 Å². The summed E-state index contributed by atoms with van der Waals surface area (Å²) in [4.78, 5) is 15.1. The van der Waals surface area contributed by atoms with E-state index in [4.69, 9.17) is 4.52 Å². The predicted octanol–water partition coefficient (Wildman–Crippen LogP) is 6.90. The largest absolute Gasteiger partial charge is 0.573 e. The van der Waals surface area contributed by atoms with Crippen molar-refractivity contribution in [1.29, 1.82) is 0 Å². The third-order valence-corrected chi connectivity index (χ3v) is 6.89. The Morgan fingerprint density at radius 2 is 1.70 bits per heavy atom. The minimum atomic E-state index is -4.84. The fraction of sp³-hybridized carbons (Fsp3) is 0.429. The summed E-state index contributed by atoms with van der Waals surface area (Å²) >= 11 is 0. The number of alkyl halides is 6. The Bertz CT molecular complexity index is 1270. The third-order valence-electron chi connectivity index (χ3n) is 6.89. The highest BCUT2D eigenvalue weighted by Crippen LogP contribution is 2.30. The number of aromatic nitrogens is 1. The SMILES string of the molecule is CCc1cc(C(=O)N(Cc2cccc(OC(F)(F)F)c2)C2CCC(NCc3ccc(C(F)(F)F)cc3)CC2)no1. The number of hydrogen-bond acceptors (Lipinski definition) is 5. The van der Waals surface area contributed by atoms with Crippen LogP contribution in [0.25, 0.3) is 0 Å². The fourth-order valence-corrected chi connectivity index (χ4v) is 4.80. The molecule has 4 rings (SSSR count). The number of rotatable bonds is 9. The third kappa shape index (κ3) is 8.00. The van der Waals surface area contributed by atoms with Crippen LogP contribution in [0.15, 0.2) is 59.1 Å². The van der Waals surface area contributed by atoms with E-state index in [2.05, 4.69) is 15.2 Å². The van der Waals surface area contributed by atoms with Crippen molar-refractivity contribution >= 4 is 5.91 Å². The van der Waals surface area contributed by atoms with E-state index in [1.54, 1.807) is 17.0 Å². The molecular formula is C28H29F6N3O3. The summed E-state index contributed by atoms with van der Waals surface area (Å²) in [7, 11) is 0. The van der Waals surface area contributed by atoms with E-state index in [9.17, 15) is 31.1 Å². The summed E-state index contributed by atoms with van der Waals surface area (Å²) in [5, 5.41) is 7.26. The molecule has 12 heteroatoms. The van der Waals surface area contributed by atoms with E-state index >= 15 is 0 Å². The summed E-state index contributed by atoms with van der Waals surface area (Å²) in [5.41, 5.74) is 0.625. The van der Waals surface area contributed by atoms with Gasteiger partial charge in [-0.05, 0) is 61.1 Å². The number of benzene rings is 2. The lowest BCUT2D eigenvalue weighted by molar-refractivity contribution is -0.274. The molecule has 1 saturated carbocycles. The number of nitrogens with one attached hydrogen (secondary N) is 1. The van der Waals surface area contributed by atoms with Gasteiger partial charge in [0.1, 0.15) is 11.5 Å². The molecular weight excluding hydrogens is 540 g/mol. The molecule has 0 spiro atoms. The summed E-state index contributed by atoms with van der Waals surface area (Å²) in [6, 6.07) is 12.0. The van der Waals surface area contributed by atoms with Gasteiger partial charge in [-0.3, -0.25) is 4.79 Å². The van der Waals surface area contributed by atoms with Crippen molar-refractivity contribution in [1.82, 2.24) is 15.4 Å². The van der Waals surface area contributed by atoms with Crippen molar-refractivity contribution < 1.29 is 40.4 Å². The minimum absolute atomic E-state index is 0.0521. The van der Waals surface area contributed by atoms with Crippen LogP contribution in [0.5, 0.6) is 5.75 Å². The number of halogens is 6. The molecule has 1 aromatic heterocycles. The molecule has 0 bridgehead atoms. The molecule has 0 unspecified atom stereocenters. The topological polar surface area (TPSA) is 67.6 Å². The number of carbonyl (C=O) groups excluding carboxylic acids is 1. The van der Waals surface area contributed by atoms with Gasteiger partial charge >= 0.3 is 12.5 Å². The van der Waals surface area contributed by atoms with Crippen LogP contribution in [-0.4, -0.2) is 34.4 Å². The van der Waals surface area contributed by atoms with Crippen molar-refractivity contribution in [2.24, 2.45) is 0 Å². The monoisotopic (exact) mass is 569 g/mol. The van der Waals surface area contributed by atoms with Crippen LogP contribution in [0, 0.1) is 0 Å². The van der Waals surface area contributed by atoms with Crippen molar-refractivity contribution in [2.45, 2.75) is 76.7 Å². The van der Waals surface area contributed by atoms with E-state index in [1.807, 2.05) is 6.92 Å². The van der Waals surface area contributed by atoms with Gasteiger partial charge in [-0.1, -0.05) is 36.3 Å². The van der Waals surface area contributed by atoms with E-state index in [0.29, 0.717) is 50.0 Å². The van der Waals surface area contributed by atoms with Crippen LogP contribution in [0.1, 0.15) is 65.5 Å². The van der Waals surface area contributed by atoms with Crippen LogP contribution in [0.2, 0.25) is 0 Å². The molecule has 1 aliphatic rings. The molecule has 40 heavy (non-hydrogen) atoms. The maximum Gasteiger partial charge on any atom is 0.573 e. The first-order chi connectivity index (χ1) is 18.9. The first-order valence-electron chi connectivity index (χ1n) is 12.9. The number of hydrogen-bond donors (Lipinski definition) is 1. The normalized spacial score (nSPS) is 18.0. The second-order valence-electron chi connectivity index (χ2n) is 9.74. The maximum atomic E-state index is 13.5. The fourth-order valence-electron chi connectivity index (χ4n) is 4.80. The first-order valence-corrected chi connectivity index (χ1v) is 12.9. The minimum Gasteiger partial charge on any atom is -0.406 e. The first kappa shape index (κ1) is 29.4. The Kier molecular flexibility index (Phi) is 9.07. The highest BCUT2D eigenvalue weighted by molar-refractivity contribution is 5.92. The molecule has 1 amide bonds. The van der Waals surface area contributed by atoms with Crippen LogP contribution in [0.3, 0.4) is 0 Å². The van der Waals surface area contributed by atoms with Gasteiger partial charge in [0, 0.05) is 37.7 Å². The Hall–Kier alpha value is -3.54. The highest BCUT2D eigenvalue weighted by atomic mass is 19.4. The maximum absolute atomic E-state index is 13.5. The predicted molar refractivity (Wildman–Crippen MR) is 133 cm³/mol. The van der Waals surface area contributed by atoms with Crippen LogP contribution >= 0.6 is 0 Å². The Labute approximate surface area is 227 Å². The summed E-state index contributed by atoms with van der Waals surface area (Å²) in [6.45, 7) is 2.31. The standard InChI is InChI=1S/C28H29F6N3O3/c1-2-23-15-25(36-40-23)26(38)37(17-19-4-3-5-24(14-19)39-28(32,33)34)22-12-10-21(11-13-22)35-16-18-6-8-20(9-7-18)27(29,30)31/h3-9,14-15,21-22,35H,2,10-13,16-17H2,1H3. The van der Waals surface area contributed by atoms with Gasteiger partial charge in [0.15, 0.2) is 5.69 Å². The number of nitrogens with zero attached hydrogens (tertiary/aromatic N) is 2. The second kappa shape index (κ2) is 12.3. The molecule has 0 radical (unpaired) electrons. The smallest absolute Gasteiger partial charge is 0.406 e. The zero-order chi connectivity index (χ0) is 28.9. The van der Waals surface area contributed by atoms with Crippen LogP contribution in [-0.2, 0) is 25.7 Å². The lowest BCUT2D eigenvalue weighted by Gasteiger charge is -2.37. The van der Waals surface area contributed by atoms with Crippen molar-refractivity contribution in [3.8, 4) is 5.75 Å². The van der Waals surface area contributed by atoms with Gasteiger partial charge in [0.05, 0.1) is 5.56 Å². The second-order valence-corrected chi connectivity index (χ2v) is 9.74. The molecule has 216 valence electrons. The summed E-state index contributed by atoms with van der Waals surface area (Å²) in [6.07, 6.45) is -6.04. The van der Waals surface area contributed by atoms with Gasteiger partial charge in [-0.25, -0.2) is 0 Å². The van der Waals surface area contributed by atoms with E-state index < -0.39 is 18.1 Å². The molecule has 1 fully saturated rings. The van der Waals surface area contributed by atoms with E-state index in [0.717, 1.165) is 17.7 Å². The number of ether oxygens (including phenoxy) is 1. The van der Waals surface area contributed by atoms with E-state index in [-0.39, 0.29) is 36.0 Å². The average molecular weight is 570 g/mol. The van der Waals surface area contributed by atoms with Gasteiger partial charge in [-0.15, -0.1) is 13.2 Å². The summed E-state index contributed by atoms with van der Waals surface area (Å²) < 4.78 is 85.8. The average Bonchev–Trinajstić information content (AvgIpc) is 3.39. The van der Waals surface area contributed by atoms with Gasteiger partial charge in [0.25, 0.3) is 5.91 Å². The van der Waals surface area contributed by atoms with Gasteiger partial charge in [0.2, 0.25) is 0 Å². The number of amides is 1. The highest BCUT2D eigenvalue weighted by Gasteiger charge is 2.33. The van der Waals surface area contributed by atoms with E-state index in [1.165, 1.54) is 30.3 Å². The molecule has 1 heterocycles. The van der Waals surface area contributed by atoms with Crippen LogP contribution < -0.4 is 10.1 Å². The quantitative estimate of drug-likeness (QED) is 0.284. The Morgan fingerprint density at radius 3 is 2.30 bits per heavy atom. The number of carbonyl (C=O) groups is 1. The number of aryl methyl sites for hydroxylation is 1. The molecule has 2 aromatic carbocycles. The Balaban J connectivity index is 1.42. The zero-order valence-corrected chi connectivity index (χ0v) is 21.7. The van der Waals surface area contributed by atoms with Gasteiger partial charge < -0.3 is 19.5 Å². The molecule has 6 nitrogen and oxygen atoms in total. The van der Waals surface area contributed by atoms with Crippen molar-refractivity contribution in [3.63, 3.8) is 0 Å². The van der Waals surface area contributed by atoms with Crippen LogP contribution in [0.4, 0.5) is 26.3 Å². The molecule has 1 aliphatic carbocycles. The lowest BCUT2D eigenvalue weighted by atomic mass is 9.89. The summed E-state index contributed by atoms with van der Waals surface area (Å²) in [5.74, 6) is -0.213. The van der Waals surface area contributed by atoms with Crippen molar-refractivity contribution in [3.05, 3.63) is 82.7 Å². The molecule has 3 aromatic rings. The molecule has 1 N–H and O–H groups in total. The Morgan fingerprint density at radius 1 is 1.00 bits per heavy atom. The lowest BCUT2D eigenvalue weighted by Crippen LogP contribution is -2.45. The molecule has 0 saturated heterocycles. The molecule has 0 aliphatic heterocycles. The zero-order valence-electron chi connectivity index (χ0n) is 21.7. The molecule has 0 atom stereocenters.